The normalized spacial score (nSPS) is 10.6. The van der Waals surface area contributed by atoms with Crippen molar-refractivity contribution < 1.29 is 18.7 Å². The topological polar surface area (TPSA) is 65.8 Å². The molecule has 0 saturated carbocycles. The van der Waals surface area contributed by atoms with Gasteiger partial charge in [0, 0.05) is 31.8 Å². The van der Waals surface area contributed by atoms with Crippen LogP contribution in [0.2, 0.25) is 0 Å². The summed E-state index contributed by atoms with van der Waals surface area (Å²) in [6.45, 7) is 2.42. The molecule has 21 heavy (non-hydrogen) atoms. The maximum Gasteiger partial charge on any atom is 0.174 e. The first kappa shape index (κ1) is 15.3. The fourth-order valence-corrected chi connectivity index (χ4v) is 1.88. The summed E-state index contributed by atoms with van der Waals surface area (Å²) in [6, 6.07) is 7.58. The number of hydrogen-bond acceptors (Lipinski definition) is 6. The lowest BCUT2D eigenvalue weighted by Crippen LogP contribution is -2.19. The van der Waals surface area contributed by atoms with E-state index in [4.69, 9.17) is 18.7 Å². The molecule has 0 amide bonds. The fourth-order valence-electron chi connectivity index (χ4n) is 1.88. The number of rotatable bonds is 9. The first-order chi connectivity index (χ1) is 10.3. The summed E-state index contributed by atoms with van der Waals surface area (Å²) in [4.78, 5) is 0. The van der Waals surface area contributed by atoms with E-state index in [0.717, 1.165) is 12.1 Å². The number of ether oxygens (including phenoxy) is 3. The third kappa shape index (κ3) is 4.47. The van der Waals surface area contributed by atoms with Crippen molar-refractivity contribution in [3.05, 3.63) is 41.8 Å². The van der Waals surface area contributed by atoms with Crippen LogP contribution in [0.15, 0.2) is 35.0 Å². The van der Waals surface area contributed by atoms with Gasteiger partial charge >= 0.3 is 0 Å². The van der Waals surface area contributed by atoms with Gasteiger partial charge in [-0.1, -0.05) is 17.3 Å². The highest BCUT2D eigenvalue weighted by molar-refractivity contribution is 5.46. The van der Waals surface area contributed by atoms with Gasteiger partial charge in [0.1, 0.15) is 6.61 Å². The van der Waals surface area contributed by atoms with E-state index < -0.39 is 0 Å². The number of hydrogen-bond donors (Lipinski definition) is 1. The van der Waals surface area contributed by atoms with Crippen molar-refractivity contribution in [3.8, 4) is 11.5 Å². The minimum Gasteiger partial charge on any atom is -0.493 e. The number of nitrogens with zero attached hydrogens (tertiary/aromatic N) is 1. The van der Waals surface area contributed by atoms with Crippen LogP contribution in [0.1, 0.15) is 11.3 Å². The molecule has 1 N–H and O–H groups in total. The highest BCUT2D eigenvalue weighted by Crippen LogP contribution is 2.31. The van der Waals surface area contributed by atoms with Gasteiger partial charge in [-0.25, -0.2) is 0 Å². The molecule has 0 spiro atoms. The van der Waals surface area contributed by atoms with Crippen LogP contribution >= 0.6 is 0 Å². The molecule has 0 aliphatic carbocycles. The Morgan fingerprint density at radius 2 is 2.14 bits per heavy atom. The predicted octanol–water partition coefficient (Wildman–Crippen LogP) is 2.00. The number of benzene rings is 1. The smallest absolute Gasteiger partial charge is 0.174 e. The average molecular weight is 292 g/mol. The number of methoxy groups -OCH3 is 2. The Hall–Kier alpha value is -2.05. The maximum absolute atomic E-state index is 5.83. The van der Waals surface area contributed by atoms with Gasteiger partial charge in [-0.3, -0.25) is 0 Å². The molecule has 6 nitrogen and oxygen atoms in total. The molecule has 0 fully saturated rings. The second-order valence-corrected chi connectivity index (χ2v) is 4.39. The second kappa shape index (κ2) is 8.28. The first-order valence-corrected chi connectivity index (χ1v) is 6.73. The predicted molar refractivity (Wildman–Crippen MR) is 77.4 cm³/mol. The van der Waals surface area contributed by atoms with E-state index in [1.807, 2.05) is 18.2 Å². The van der Waals surface area contributed by atoms with Crippen molar-refractivity contribution in [3.63, 3.8) is 0 Å². The molecule has 0 radical (unpaired) electrons. The molecule has 1 aromatic heterocycles. The van der Waals surface area contributed by atoms with Crippen LogP contribution < -0.4 is 14.8 Å². The molecule has 0 saturated heterocycles. The zero-order chi connectivity index (χ0) is 14.9. The van der Waals surface area contributed by atoms with E-state index >= 15 is 0 Å². The largest absolute Gasteiger partial charge is 0.493 e. The molecule has 0 bridgehead atoms. The minimum atomic E-state index is 0.311. The third-order valence-corrected chi connectivity index (χ3v) is 2.93. The van der Waals surface area contributed by atoms with Gasteiger partial charge < -0.3 is 24.1 Å². The number of aromatic nitrogens is 1. The standard InChI is InChI=1S/C15H20N2O4/c1-18-9-8-16-10-12-4-3-5-14(19-2)15(12)20-11-13-6-7-17-21-13/h3-7,16H,8-11H2,1-2H3. The van der Waals surface area contributed by atoms with Gasteiger partial charge in [0.15, 0.2) is 17.3 Å². The summed E-state index contributed by atoms with van der Waals surface area (Å²) >= 11 is 0. The number of nitrogens with one attached hydrogen (secondary N) is 1. The Morgan fingerprint density at radius 3 is 2.86 bits per heavy atom. The summed E-state index contributed by atoms with van der Waals surface area (Å²) in [5, 5.41) is 6.95. The molecule has 0 aliphatic rings. The molecule has 6 heteroatoms. The molecule has 1 aromatic carbocycles. The molecule has 2 aromatic rings. The number of para-hydroxylation sites is 1. The van der Waals surface area contributed by atoms with E-state index in [1.54, 1.807) is 26.5 Å². The highest BCUT2D eigenvalue weighted by Gasteiger charge is 2.11. The third-order valence-electron chi connectivity index (χ3n) is 2.93. The van der Waals surface area contributed by atoms with E-state index in [1.165, 1.54) is 0 Å². The van der Waals surface area contributed by atoms with E-state index in [9.17, 15) is 0 Å². The van der Waals surface area contributed by atoms with Gasteiger partial charge in [-0.15, -0.1) is 0 Å². The Balaban J connectivity index is 2.04. The second-order valence-electron chi connectivity index (χ2n) is 4.39. The molecule has 2 rings (SSSR count). The van der Waals surface area contributed by atoms with Gasteiger partial charge in [0.2, 0.25) is 0 Å². The van der Waals surface area contributed by atoms with Crippen molar-refractivity contribution in [1.82, 2.24) is 10.5 Å². The Labute approximate surface area is 124 Å². The van der Waals surface area contributed by atoms with E-state index in [0.29, 0.717) is 37.0 Å². The Morgan fingerprint density at radius 1 is 1.24 bits per heavy atom. The van der Waals surface area contributed by atoms with Gasteiger partial charge in [0.05, 0.1) is 19.9 Å². The van der Waals surface area contributed by atoms with Crippen LogP contribution in [0.5, 0.6) is 11.5 Å². The Bertz CT molecular complexity index is 528. The van der Waals surface area contributed by atoms with E-state index in [2.05, 4.69) is 10.5 Å². The van der Waals surface area contributed by atoms with Crippen LogP contribution in [0.25, 0.3) is 0 Å². The SMILES string of the molecule is COCCNCc1cccc(OC)c1OCc1ccno1. The monoisotopic (exact) mass is 292 g/mol. The molecule has 114 valence electrons. The summed E-state index contributed by atoms with van der Waals surface area (Å²) in [5.41, 5.74) is 1.02. The minimum absolute atomic E-state index is 0.311. The van der Waals surface area contributed by atoms with Crippen molar-refractivity contribution >= 4 is 0 Å². The van der Waals surface area contributed by atoms with Gasteiger partial charge in [-0.2, -0.15) is 0 Å². The van der Waals surface area contributed by atoms with Crippen molar-refractivity contribution in [1.29, 1.82) is 0 Å². The zero-order valence-corrected chi connectivity index (χ0v) is 12.3. The summed E-state index contributed by atoms with van der Waals surface area (Å²) < 4.78 is 21.2. The van der Waals surface area contributed by atoms with Crippen LogP contribution in [-0.2, 0) is 17.9 Å². The maximum atomic E-state index is 5.83. The lowest BCUT2D eigenvalue weighted by atomic mass is 10.2. The summed E-state index contributed by atoms with van der Waals surface area (Å²) in [7, 11) is 3.30. The van der Waals surface area contributed by atoms with Crippen LogP contribution in [-0.4, -0.2) is 32.5 Å². The van der Waals surface area contributed by atoms with Crippen molar-refractivity contribution in [2.45, 2.75) is 13.2 Å². The molecule has 0 atom stereocenters. The molecule has 0 unspecified atom stereocenters. The molecular formula is C15H20N2O4. The lowest BCUT2D eigenvalue weighted by Gasteiger charge is -2.14. The highest BCUT2D eigenvalue weighted by atomic mass is 16.5. The lowest BCUT2D eigenvalue weighted by molar-refractivity contribution is 0.198. The fraction of sp³-hybridized carbons (Fsp3) is 0.400. The van der Waals surface area contributed by atoms with Crippen molar-refractivity contribution in [2.24, 2.45) is 0 Å². The van der Waals surface area contributed by atoms with Crippen molar-refractivity contribution in [2.75, 3.05) is 27.4 Å². The first-order valence-electron chi connectivity index (χ1n) is 6.73. The summed E-state index contributed by atoms with van der Waals surface area (Å²) in [5.74, 6) is 2.07. The zero-order valence-electron chi connectivity index (χ0n) is 12.3. The Kier molecular flexibility index (Phi) is 6.05. The average Bonchev–Trinajstić information content (AvgIpc) is 3.03. The molecular weight excluding hydrogens is 272 g/mol. The van der Waals surface area contributed by atoms with Crippen LogP contribution in [0.4, 0.5) is 0 Å². The van der Waals surface area contributed by atoms with E-state index in [-0.39, 0.29) is 0 Å². The van der Waals surface area contributed by atoms with Crippen LogP contribution in [0.3, 0.4) is 0 Å². The summed E-state index contributed by atoms with van der Waals surface area (Å²) in [6.07, 6.45) is 1.59. The molecule has 0 aliphatic heterocycles. The molecule has 1 heterocycles. The van der Waals surface area contributed by atoms with Gasteiger partial charge in [0.25, 0.3) is 0 Å². The quantitative estimate of drug-likeness (QED) is 0.713. The van der Waals surface area contributed by atoms with Crippen LogP contribution in [0, 0.1) is 0 Å². The van der Waals surface area contributed by atoms with Gasteiger partial charge in [-0.05, 0) is 6.07 Å².